The third-order valence-electron chi connectivity index (χ3n) is 2.36. The number of rotatable bonds is 2. The fourth-order valence-corrected chi connectivity index (χ4v) is 2.08. The molecular formula is C13H10N2O2S. The Kier molecular flexibility index (Phi) is 3.13. The quantitative estimate of drug-likeness (QED) is 0.766. The smallest absolute Gasteiger partial charge is 0.175 e. The first-order valence-electron chi connectivity index (χ1n) is 5.10. The van der Waals surface area contributed by atoms with Gasteiger partial charge in [-0.15, -0.1) is 6.42 Å². The summed E-state index contributed by atoms with van der Waals surface area (Å²) in [6, 6.07) is 6.44. The van der Waals surface area contributed by atoms with Crippen molar-refractivity contribution in [2.24, 2.45) is 0 Å². The minimum atomic E-state index is -3.18. The van der Waals surface area contributed by atoms with E-state index in [4.69, 9.17) is 6.42 Å². The number of hydrogen-bond acceptors (Lipinski definition) is 4. The van der Waals surface area contributed by atoms with E-state index in [1.807, 2.05) is 0 Å². The lowest BCUT2D eigenvalue weighted by atomic mass is 10.1. The molecule has 4 nitrogen and oxygen atoms in total. The highest BCUT2D eigenvalue weighted by Crippen LogP contribution is 2.18. The van der Waals surface area contributed by atoms with E-state index in [0.717, 1.165) is 5.56 Å². The molecule has 2 aromatic rings. The van der Waals surface area contributed by atoms with Crippen LogP contribution >= 0.6 is 0 Å². The third-order valence-corrected chi connectivity index (χ3v) is 3.49. The number of sulfone groups is 1. The minimum absolute atomic E-state index is 0.271. The fraction of sp³-hybridized carbons (Fsp3) is 0.0769. The molecule has 0 fully saturated rings. The molecule has 0 amide bonds. The zero-order chi connectivity index (χ0) is 13.2. The van der Waals surface area contributed by atoms with Crippen molar-refractivity contribution in [3.63, 3.8) is 0 Å². The van der Waals surface area contributed by atoms with E-state index in [9.17, 15) is 8.42 Å². The van der Waals surface area contributed by atoms with Gasteiger partial charge in [-0.05, 0) is 18.1 Å². The van der Waals surface area contributed by atoms with E-state index in [1.165, 1.54) is 24.6 Å². The number of benzene rings is 1. The Morgan fingerprint density at radius 3 is 2.39 bits per heavy atom. The molecular weight excluding hydrogens is 248 g/mol. The van der Waals surface area contributed by atoms with Crippen LogP contribution in [0.1, 0.15) is 5.69 Å². The van der Waals surface area contributed by atoms with Gasteiger partial charge in [0.25, 0.3) is 0 Å². The van der Waals surface area contributed by atoms with Crippen LogP contribution in [0.3, 0.4) is 0 Å². The molecule has 0 spiro atoms. The normalized spacial score (nSPS) is 10.9. The summed E-state index contributed by atoms with van der Waals surface area (Å²) in [6.45, 7) is 0. The second-order valence-corrected chi connectivity index (χ2v) is 5.75. The van der Waals surface area contributed by atoms with Crippen LogP contribution in [0.4, 0.5) is 0 Å². The van der Waals surface area contributed by atoms with Crippen molar-refractivity contribution in [2.75, 3.05) is 6.26 Å². The van der Waals surface area contributed by atoms with Crippen molar-refractivity contribution in [2.45, 2.75) is 4.90 Å². The van der Waals surface area contributed by atoms with Crippen LogP contribution in [-0.4, -0.2) is 24.6 Å². The lowest BCUT2D eigenvalue weighted by Crippen LogP contribution is -1.96. The van der Waals surface area contributed by atoms with Crippen molar-refractivity contribution >= 4 is 9.84 Å². The lowest BCUT2D eigenvalue weighted by molar-refractivity contribution is 0.602. The van der Waals surface area contributed by atoms with Crippen molar-refractivity contribution in [3.8, 4) is 23.6 Å². The SMILES string of the molecule is C#Cc1cncc(-c2ccc(S(C)(=O)=O)cc2)n1. The number of nitrogens with zero attached hydrogens (tertiary/aromatic N) is 2. The predicted octanol–water partition coefficient (Wildman–Crippen LogP) is 1.53. The molecule has 1 aromatic heterocycles. The van der Waals surface area contributed by atoms with Gasteiger partial charge in [-0.25, -0.2) is 13.4 Å². The second kappa shape index (κ2) is 4.59. The Morgan fingerprint density at radius 1 is 1.17 bits per heavy atom. The van der Waals surface area contributed by atoms with Crippen LogP contribution in [0.2, 0.25) is 0 Å². The molecule has 0 aliphatic heterocycles. The summed E-state index contributed by atoms with van der Waals surface area (Å²) >= 11 is 0. The zero-order valence-electron chi connectivity index (χ0n) is 9.66. The molecule has 0 unspecified atom stereocenters. The first-order chi connectivity index (χ1) is 8.50. The number of hydrogen-bond donors (Lipinski definition) is 0. The van der Waals surface area contributed by atoms with Gasteiger partial charge >= 0.3 is 0 Å². The Balaban J connectivity index is 2.44. The van der Waals surface area contributed by atoms with E-state index in [0.29, 0.717) is 11.4 Å². The van der Waals surface area contributed by atoms with Crippen molar-refractivity contribution < 1.29 is 8.42 Å². The van der Waals surface area contributed by atoms with Crippen LogP contribution in [0.25, 0.3) is 11.3 Å². The topological polar surface area (TPSA) is 59.9 Å². The summed E-state index contributed by atoms with van der Waals surface area (Å²) in [5.74, 6) is 2.40. The van der Waals surface area contributed by atoms with Gasteiger partial charge < -0.3 is 0 Å². The number of terminal acetylenes is 1. The molecule has 0 aliphatic carbocycles. The maximum absolute atomic E-state index is 11.3. The summed E-state index contributed by atoms with van der Waals surface area (Å²) in [7, 11) is -3.18. The minimum Gasteiger partial charge on any atom is -0.260 e. The van der Waals surface area contributed by atoms with Gasteiger partial charge in [0.1, 0.15) is 5.69 Å². The van der Waals surface area contributed by atoms with E-state index in [2.05, 4.69) is 15.9 Å². The summed E-state index contributed by atoms with van der Waals surface area (Å²) in [5, 5.41) is 0. The van der Waals surface area contributed by atoms with Crippen LogP contribution in [0.5, 0.6) is 0 Å². The van der Waals surface area contributed by atoms with E-state index < -0.39 is 9.84 Å². The third kappa shape index (κ3) is 2.55. The zero-order valence-corrected chi connectivity index (χ0v) is 10.5. The van der Waals surface area contributed by atoms with Gasteiger partial charge in [-0.2, -0.15) is 0 Å². The Bertz CT molecular complexity index is 713. The predicted molar refractivity (Wildman–Crippen MR) is 68.5 cm³/mol. The Hall–Kier alpha value is -2.19. The largest absolute Gasteiger partial charge is 0.260 e. The van der Waals surface area contributed by atoms with E-state index >= 15 is 0 Å². The van der Waals surface area contributed by atoms with Gasteiger partial charge in [0.15, 0.2) is 9.84 Å². The van der Waals surface area contributed by atoms with Crippen LogP contribution in [0, 0.1) is 12.3 Å². The molecule has 5 heteroatoms. The molecule has 0 atom stereocenters. The summed E-state index contributed by atoms with van der Waals surface area (Å²) in [5.41, 5.74) is 1.83. The van der Waals surface area contributed by atoms with Gasteiger partial charge in [-0.3, -0.25) is 4.98 Å². The highest BCUT2D eigenvalue weighted by molar-refractivity contribution is 7.90. The van der Waals surface area contributed by atoms with Crippen molar-refractivity contribution in [3.05, 3.63) is 42.4 Å². The Morgan fingerprint density at radius 2 is 1.83 bits per heavy atom. The summed E-state index contributed by atoms with van der Waals surface area (Å²) in [6.07, 6.45) is 9.49. The standard InChI is InChI=1S/C13H10N2O2S/c1-3-11-8-14-9-13(15-11)10-4-6-12(7-5-10)18(2,16)17/h1,4-9H,2H3. The first-order valence-corrected chi connectivity index (χ1v) is 6.99. The molecule has 0 N–H and O–H groups in total. The molecule has 0 radical (unpaired) electrons. The summed E-state index contributed by atoms with van der Waals surface area (Å²) < 4.78 is 22.7. The second-order valence-electron chi connectivity index (χ2n) is 3.73. The van der Waals surface area contributed by atoms with Gasteiger partial charge in [0.05, 0.1) is 23.0 Å². The molecule has 0 aliphatic rings. The maximum Gasteiger partial charge on any atom is 0.175 e. The van der Waals surface area contributed by atoms with E-state index in [1.54, 1.807) is 18.3 Å². The molecule has 90 valence electrons. The lowest BCUT2D eigenvalue weighted by Gasteiger charge is -2.02. The van der Waals surface area contributed by atoms with Crippen LogP contribution in [-0.2, 0) is 9.84 Å². The maximum atomic E-state index is 11.3. The average molecular weight is 258 g/mol. The molecule has 1 heterocycles. The van der Waals surface area contributed by atoms with Gasteiger partial charge in [0, 0.05) is 11.8 Å². The van der Waals surface area contributed by atoms with Crippen molar-refractivity contribution in [1.29, 1.82) is 0 Å². The first kappa shape index (κ1) is 12.3. The Labute approximate surface area is 106 Å². The molecule has 0 saturated heterocycles. The average Bonchev–Trinajstić information content (AvgIpc) is 2.38. The molecule has 18 heavy (non-hydrogen) atoms. The van der Waals surface area contributed by atoms with Crippen molar-refractivity contribution in [1.82, 2.24) is 9.97 Å². The van der Waals surface area contributed by atoms with Gasteiger partial charge in [0.2, 0.25) is 0 Å². The monoisotopic (exact) mass is 258 g/mol. The molecule has 2 rings (SSSR count). The highest BCUT2D eigenvalue weighted by atomic mass is 32.2. The fourth-order valence-electron chi connectivity index (χ4n) is 1.45. The van der Waals surface area contributed by atoms with E-state index in [-0.39, 0.29) is 4.90 Å². The van der Waals surface area contributed by atoms with Crippen LogP contribution in [0.15, 0.2) is 41.6 Å². The number of aromatic nitrogens is 2. The molecule has 0 bridgehead atoms. The summed E-state index contributed by atoms with van der Waals surface area (Å²) in [4.78, 5) is 8.46. The highest BCUT2D eigenvalue weighted by Gasteiger charge is 2.07. The molecule has 1 aromatic carbocycles. The molecule has 0 saturated carbocycles. The van der Waals surface area contributed by atoms with Gasteiger partial charge in [-0.1, -0.05) is 12.1 Å². The van der Waals surface area contributed by atoms with Crippen LogP contribution < -0.4 is 0 Å².